The van der Waals surface area contributed by atoms with Crippen molar-refractivity contribution in [2.24, 2.45) is 0 Å². The molecule has 6 heteroatoms. The van der Waals surface area contributed by atoms with Gasteiger partial charge in [0, 0.05) is 12.0 Å². The first kappa shape index (κ1) is 21.4. The number of hydrogen-bond donors (Lipinski definition) is 2. The fourth-order valence-corrected chi connectivity index (χ4v) is 3.77. The van der Waals surface area contributed by atoms with Gasteiger partial charge in [-0.25, -0.2) is 9.59 Å². The van der Waals surface area contributed by atoms with E-state index in [2.05, 4.69) is 41.0 Å². The Morgan fingerprint density at radius 3 is 1.91 bits per heavy atom. The molecule has 1 aliphatic carbocycles. The number of amides is 2. The summed E-state index contributed by atoms with van der Waals surface area (Å²) in [4.78, 5) is 24.4. The summed E-state index contributed by atoms with van der Waals surface area (Å²) < 4.78 is 10.8. The lowest BCUT2D eigenvalue weighted by molar-refractivity contribution is 0.0636. The first-order valence-corrected chi connectivity index (χ1v) is 10.4. The lowest BCUT2D eigenvalue weighted by Gasteiger charge is -2.19. The lowest BCUT2D eigenvalue weighted by Crippen LogP contribution is -2.27. The zero-order valence-corrected chi connectivity index (χ0v) is 18.3. The quantitative estimate of drug-likeness (QED) is 0.518. The predicted molar refractivity (Wildman–Crippen MR) is 124 cm³/mol. The summed E-state index contributed by atoms with van der Waals surface area (Å²) in [5.41, 5.74) is 4.80. The molecule has 0 aromatic heterocycles. The Morgan fingerprint density at radius 1 is 0.812 bits per heavy atom. The summed E-state index contributed by atoms with van der Waals surface area (Å²) in [6, 6.07) is 24.3. The van der Waals surface area contributed by atoms with Gasteiger partial charge in [0.15, 0.2) is 0 Å². The fraction of sp³-hybridized carbons (Fsp3) is 0.231. The first-order chi connectivity index (χ1) is 15.3. The molecule has 0 heterocycles. The van der Waals surface area contributed by atoms with E-state index < -0.39 is 17.8 Å². The third kappa shape index (κ3) is 4.91. The molecular weight excluding hydrogens is 404 g/mol. The maximum absolute atomic E-state index is 12.4. The first-order valence-electron chi connectivity index (χ1n) is 10.4. The van der Waals surface area contributed by atoms with Gasteiger partial charge in [0.05, 0.1) is 11.4 Å². The minimum atomic E-state index is -0.610. The Hall–Kier alpha value is -3.80. The van der Waals surface area contributed by atoms with Crippen LogP contribution in [0, 0.1) is 6.07 Å². The molecule has 1 radical (unpaired) electrons. The second-order valence-corrected chi connectivity index (χ2v) is 8.56. The average Bonchev–Trinajstić information content (AvgIpc) is 3.05. The van der Waals surface area contributed by atoms with Crippen molar-refractivity contribution in [1.29, 1.82) is 0 Å². The number of anilines is 2. The van der Waals surface area contributed by atoms with E-state index in [1.807, 2.05) is 24.3 Å². The van der Waals surface area contributed by atoms with E-state index in [9.17, 15) is 9.59 Å². The van der Waals surface area contributed by atoms with Crippen molar-refractivity contribution in [3.05, 3.63) is 83.9 Å². The van der Waals surface area contributed by atoms with Crippen molar-refractivity contribution in [1.82, 2.24) is 0 Å². The second kappa shape index (κ2) is 8.75. The Bertz CT molecular complexity index is 1100. The van der Waals surface area contributed by atoms with Crippen molar-refractivity contribution < 1.29 is 19.1 Å². The Morgan fingerprint density at radius 2 is 1.34 bits per heavy atom. The molecule has 0 fully saturated rings. The lowest BCUT2D eigenvalue weighted by atomic mass is 9.98. The number of nitrogens with one attached hydrogen (secondary N) is 2. The van der Waals surface area contributed by atoms with Gasteiger partial charge in [-0.1, -0.05) is 54.6 Å². The van der Waals surface area contributed by atoms with Crippen LogP contribution in [0.4, 0.5) is 21.0 Å². The van der Waals surface area contributed by atoms with E-state index >= 15 is 0 Å². The summed E-state index contributed by atoms with van der Waals surface area (Å²) in [7, 11) is 0. The monoisotopic (exact) mass is 429 g/mol. The van der Waals surface area contributed by atoms with Crippen LogP contribution in [-0.2, 0) is 9.47 Å². The van der Waals surface area contributed by atoms with E-state index in [0.29, 0.717) is 11.4 Å². The second-order valence-electron chi connectivity index (χ2n) is 8.56. The molecule has 4 rings (SSSR count). The Kier molecular flexibility index (Phi) is 5.86. The summed E-state index contributed by atoms with van der Waals surface area (Å²) in [6.45, 7) is 5.57. The van der Waals surface area contributed by atoms with Crippen molar-refractivity contribution in [2.45, 2.75) is 32.3 Å². The third-order valence-corrected chi connectivity index (χ3v) is 5.01. The molecule has 0 saturated carbocycles. The van der Waals surface area contributed by atoms with Crippen LogP contribution in [0.2, 0.25) is 0 Å². The van der Waals surface area contributed by atoms with Crippen LogP contribution in [0.3, 0.4) is 0 Å². The SMILES string of the molecule is CC(C)(C)OC(=O)Nc1[c]c(NC(=O)OCC2c3ccccc3-c3ccccc32)ccc1. The number of rotatable bonds is 4. The van der Waals surface area contributed by atoms with E-state index in [1.165, 1.54) is 11.1 Å². The van der Waals surface area contributed by atoms with Crippen LogP contribution >= 0.6 is 0 Å². The van der Waals surface area contributed by atoms with Gasteiger partial charge >= 0.3 is 12.2 Å². The molecule has 2 N–H and O–H groups in total. The highest BCUT2D eigenvalue weighted by Crippen LogP contribution is 2.44. The van der Waals surface area contributed by atoms with Crippen LogP contribution in [0.5, 0.6) is 0 Å². The molecule has 0 saturated heterocycles. The van der Waals surface area contributed by atoms with Crippen LogP contribution < -0.4 is 10.6 Å². The molecule has 163 valence electrons. The van der Waals surface area contributed by atoms with Gasteiger partial charge in [-0.2, -0.15) is 0 Å². The molecule has 6 nitrogen and oxygen atoms in total. The van der Waals surface area contributed by atoms with E-state index in [0.717, 1.165) is 11.1 Å². The van der Waals surface area contributed by atoms with Crippen LogP contribution in [0.15, 0.2) is 66.7 Å². The van der Waals surface area contributed by atoms with Gasteiger partial charge in [-0.3, -0.25) is 10.6 Å². The molecule has 0 atom stereocenters. The van der Waals surface area contributed by atoms with Gasteiger partial charge in [-0.05, 0) is 55.2 Å². The van der Waals surface area contributed by atoms with Crippen LogP contribution in [0.1, 0.15) is 37.8 Å². The number of carbonyl (C=O) groups is 2. The molecule has 32 heavy (non-hydrogen) atoms. The average molecular weight is 429 g/mol. The largest absolute Gasteiger partial charge is 0.448 e. The highest BCUT2D eigenvalue weighted by Gasteiger charge is 2.29. The highest BCUT2D eigenvalue weighted by atomic mass is 16.6. The van der Waals surface area contributed by atoms with Gasteiger partial charge < -0.3 is 9.47 Å². The predicted octanol–water partition coefficient (Wildman–Crippen LogP) is 6.19. The standard InChI is InChI=1S/C26H25N2O4/c1-26(2,3)32-25(30)28-18-10-8-9-17(15-18)27-24(29)31-16-23-21-13-6-4-11-19(21)20-12-5-7-14-22(20)23/h4-14,23H,16H2,1-3H3,(H,27,29)(H,28,30). The third-order valence-electron chi connectivity index (χ3n) is 5.01. The number of carbonyl (C=O) groups excluding carboxylic acids is 2. The molecule has 3 aromatic rings. The fourth-order valence-electron chi connectivity index (χ4n) is 3.77. The van der Waals surface area contributed by atoms with E-state index in [4.69, 9.17) is 9.47 Å². The van der Waals surface area contributed by atoms with Gasteiger partial charge in [0.2, 0.25) is 0 Å². The Labute approximate surface area is 187 Å². The summed E-state index contributed by atoms with van der Waals surface area (Å²) >= 11 is 0. The van der Waals surface area contributed by atoms with Gasteiger partial charge in [-0.15, -0.1) is 0 Å². The highest BCUT2D eigenvalue weighted by molar-refractivity contribution is 5.88. The number of hydrogen-bond acceptors (Lipinski definition) is 4. The topological polar surface area (TPSA) is 76.7 Å². The van der Waals surface area contributed by atoms with Crippen LogP contribution in [0.25, 0.3) is 11.1 Å². The van der Waals surface area contributed by atoms with Crippen LogP contribution in [-0.4, -0.2) is 24.4 Å². The van der Waals surface area contributed by atoms with E-state index in [1.54, 1.807) is 39.0 Å². The minimum Gasteiger partial charge on any atom is -0.448 e. The molecular formula is C26H25N2O4. The molecule has 0 unspecified atom stereocenters. The number of ether oxygens (including phenoxy) is 2. The van der Waals surface area contributed by atoms with Gasteiger partial charge in [0.25, 0.3) is 0 Å². The van der Waals surface area contributed by atoms with Crippen molar-refractivity contribution in [3.8, 4) is 11.1 Å². The van der Waals surface area contributed by atoms with Crippen molar-refractivity contribution in [3.63, 3.8) is 0 Å². The molecule has 0 spiro atoms. The summed E-state index contributed by atoms with van der Waals surface area (Å²) in [6.07, 6.45) is -1.18. The molecule has 2 amide bonds. The Balaban J connectivity index is 1.38. The zero-order chi connectivity index (χ0) is 22.7. The van der Waals surface area contributed by atoms with Crippen molar-refractivity contribution >= 4 is 23.6 Å². The maximum atomic E-state index is 12.4. The number of benzene rings is 3. The molecule has 0 aliphatic heterocycles. The zero-order valence-electron chi connectivity index (χ0n) is 18.3. The molecule has 1 aliphatic rings. The number of fused-ring (bicyclic) bond motifs is 3. The molecule has 0 bridgehead atoms. The van der Waals surface area contributed by atoms with Crippen molar-refractivity contribution in [2.75, 3.05) is 17.2 Å². The van der Waals surface area contributed by atoms with E-state index in [-0.39, 0.29) is 12.5 Å². The summed E-state index contributed by atoms with van der Waals surface area (Å²) in [5.74, 6) is -0.0164. The summed E-state index contributed by atoms with van der Waals surface area (Å²) in [5, 5.41) is 5.27. The normalized spacial score (nSPS) is 12.5. The van der Waals surface area contributed by atoms with Gasteiger partial charge in [0.1, 0.15) is 12.2 Å². The smallest absolute Gasteiger partial charge is 0.412 e. The minimum absolute atomic E-state index is 0.0164. The molecule has 3 aromatic carbocycles. The maximum Gasteiger partial charge on any atom is 0.412 e.